The highest BCUT2D eigenvalue weighted by molar-refractivity contribution is 8.13. The van der Waals surface area contributed by atoms with Crippen LogP contribution in [-0.2, 0) is 26.4 Å². The number of hydrogen-bond donors (Lipinski definition) is 2. The molecule has 12 heteroatoms. The summed E-state index contributed by atoms with van der Waals surface area (Å²) in [5.74, 6) is -3.24. The third kappa shape index (κ3) is 6.92. The molecule has 2 aromatic carbocycles. The van der Waals surface area contributed by atoms with Crippen LogP contribution in [0.3, 0.4) is 0 Å². The highest BCUT2D eigenvalue weighted by atomic mass is 32.2. The maximum absolute atomic E-state index is 14.6. The molecular weight excluding hydrogens is 495 g/mol. The van der Waals surface area contributed by atoms with Gasteiger partial charge in [0.25, 0.3) is 0 Å². The van der Waals surface area contributed by atoms with Crippen LogP contribution in [0.4, 0.5) is 22.0 Å². The van der Waals surface area contributed by atoms with Crippen molar-refractivity contribution < 1.29 is 41.3 Å². The van der Waals surface area contributed by atoms with Gasteiger partial charge < -0.3 is 20.3 Å². The number of fused-ring (bicyclic) bond motifs is 1. The zero-order valence-corrected chi connectivity index (χ0v) is 19.1. The van der Waals surface area contributed by atoms with Gasteiger partial charge in [-0.05, 0) is 18.1 Å². The molecule has 2 aromatic rings. The molecule has 4 rings (SSSR count). The van der Waals surface area contributed by atoms with Gasteiger partial charge in [0.05, 0.1) is 25.9 Å². The van der Waals surface area contributed by atoms with Crippen molar-refractivity contribution in [3.05, 3.63) is 71.3 Å². The number of nitrogens with two attached hydrogens (primary N) is 1. The number of halogens is 5. The molecule has 6 nitrogen and oxygen atoms in total. The number of carboxylic acids is 1. The fourth-order valence-electron chi connectivity index (χ4n) is 3.88. The van der Waals surface area contributed by atoms with E-state index in [1.807, 2.05) is 30.3 Å². The number of alkyl halides is 3. The molecule has 190 valence electrons. The Balaban J connectivity index is 0.000000429. The van der Waals surface area contributed by atoms with Crippen LogP contribution in [0.25, 0.3) is 0 Å². The van der Waals surface area contributed by atoms with Crippen LogP contribution in [-0.4, -0.2) is 47.5 Å². The van der Waals surface area contributed by atoms with Crippen LogP contribution in [0.5, 0.6) is 0 Å². The van der Waals surface area contributed by atoms with Gasteiger partial charge in [-0.2, -0.15) is 13.2 Å². The maximum Gasteiger partial charge on any atom is 0.490 e. The summed E-state index contributed by atoms with van der Waals surface area (Å²) in [6.07, 6.45) is -4.50. The first-order valence-corrected chi connectivity index (χ1v) is 11.5. The molecule has 0 aliphatic carbocycles. The van der Waals surface area contributed by atoms with Crippen molar-refractivity contribution in [1.29, 1.82) is 0 Å². The second-order valence-electron chi connectivity index (χ2n) is 7.98. The predicted octanol–water partition coefficient (Wildman–Crippen LogP) is 4.48. The summed E-state index contributed by atoms with van der Waals surface area (Å²) in [5.41, 5.74) is 6.49. The largest absolute Gasteiger partial charge is 0.490 e. The summed E-state index contributed by atoms with van der Waals surface area (Å²) < 4.78 is 71.6. The Morgan fingerprint density at radius 1 is 1.23 bits per heavy atom. The molecule has 3 atom stereocenters. The summed E-state index contributed by atoms with van der Waals surface area (Å²) in [4.78, 5) is 13.5. The van der Waals surface area contributed by atoms with Gasteiger partial charge >= 0.3 is 12.1 Å². The van der Waals surface area contributed by atoms with E-state index >= 15 is 0 Å². The number of thioether (sulfide) groups is 1. The van der Waals surface area contributed by atoms with Gasteiger partial charge in [-0.3, -0.25) is 0 Å². The van der Waals surface area contributed by atoms with Gasteiger partial charge in [0.2, 0.25) is 0 Å². The number of nitrogens with zero attached hydrogens (tertiary/aromatic N) is 1. The number of carbonyl (C=O) groups is 1. The number of aliphatic imine (C=N–C) groups is 1. The van der Waals surface area contributed by atoms with E-state index in [0.717, 1.165) is 11.6 Å². The van der Waals surface area contributed by atoms with Crippen molar-refractivity contribution in [1.82, 2.24) is 0 Å². The molecule has 1 saturated heterocycles. The minimum Gasteiger partial charge on any atom is -0.475 e. The van der Waals surface area contributed by atoms with Gasteiger partial charge in [0.1, 0.15) is 17.2 Å². The van der Waals surface area contributed by atoms with E-state index in [1.54, 1.807) is 0 Å². The molecule has 0 bridgehead atoms. The van der Waals surface area contributed by atoms with Crippen LogP contribution in [0.15, 0.2) is 53.5 Å². The van der Waals surface area contributed by atoms with Crippen molar-refractivity contribution in [2.75, 3.05) is 19.0 Å². The van der Waals surface area contributed by atoms with Gasteiger partial charge in [-0.1, -0.05) is 48.2 Å². The second-order valence-corrected chi connectivity index (χ2v) is 9.02. The molecule has 0 spiro atoms. The smallest absolute Gasteiger partial charge is 0.475 e. The van der Waals surface area contributed by atoms with Crippen molar-refractivity contribution in [3.8, 4) is 0 Å². The minimum atomic E-state index is -5.08. The maximum atomic E-state index is 14.6. The number of amidine groups is 1. The predicted molar refractivity (Wildman–Crippen MR) is 120 cm³/mol. The number of hydrogen-bond acceptors (Lipinski definition) is 6. The van der Waals surface area contributed by atoms with Crippen molar-refractivity contribution in [2.45, 2.75) is 30.8 Å². The highest BCUT2D eigenvalue weighted by Gasteiger charge is 2.49. The Kier molecular flexibility index (Phi) is 8.73. The molecule has 35 heavy (non-hydrogen) atoms. The molecule has 0 radical (unpaired) electrons. The highest BCUT2D eigenvalue weighted by Crippen LogP contribution is 2.46. The molecule has 0 aromatic heterocycles. The molecule has 2 aliphatic heterocycles. The molecule has 0 amide bonds. The van der Waals surface area contributed by atoms with Gasteiger partial charge in [-0.25, -0.2) is 18.6 Å². The third-order valence-corrected chi connectivity index (χ3v) is 6.52. The molecular formula is C23H23F5N2O4S. The number of carboxylic acid groups (broad SMARTS) is 1. The Labute approximate surface area is 202 Å². The quantitative estimate of drug-likeness (QED) is 0.567. The van der Waals surface area contributed by atoms with Crippen molar-refractivity contribution in [3.63, 3.8) is 0 Å². The van der Waals surface area contributed by atoms with Crippen LogP contribution in [0, 0.1) is 17.6 Å². The van der Waals surface area contributed by atoms with E-state index < -0.39 is 29.3 Å². The molecule has 2 heterocycles. The topological polar surface area (TPSA) is 94.1 Å². The zero-order valence-electron chi connectivity index (χ0n) is 18.3. The lowest BCUT2D eigenvalue weighted by molar-refractivity contribution is -0.192. The normalized spacial score (nSPS) is 24.0. The Morgan fingerprint density at radius 3 is 2.54 bits per heavy atom. The van der Waals surface area contributed by atoms with Crippen molar-refractivity contribution >= 4 is 22.9 Å². The van der Waals surface area contributed by atoms with E-state index in [4.69, 9.17) is 25.1 Å². The third-order valence-electron chi connectivity index (χ3n) is 5.56. The summed E-state index contributed by atoms with van der Waals surface area (Å²) in [6, 6.07) is 13.6. The van der Waals surface area contributed by atoms with Crippen LogP contribution in [0.1, 0.15) is 17.5 Å². The zero-order chi connectivity index (χ0) is 25.6. The Morgan fingerprint density at radius 2 is 1.91 bits per heavy atom. The van der Waals surface area contributed by atoms with Gasteiger partial charge in [0.15, 0.2) is 5.17 Å². The summed E-state index contributed by atoms with van der Waals surface area (Å²) in [5, 5.41) is 7.53. The van der Waals surface area contributed by atoms with E-state index in [9.17, 15) is 22.0 Å². The Hall–Kier alpha value is -2.70. The minimum absolute atomic E-state index is 0.0313. The lowest BCUT2D eigenvalue weighted by Crippen LogP contribution is -2.51. The lowest BCUT2D eigenvalue weighted by atomic mass is 9.75. The number of rotatable bonds is 5. The second kappa shape index (κ2) is 11.4. The van der Waals surface area contributed by atoms with Crippen LogP contribution in [0.2, 0.25) is 0 Å². The number of aliphatic carboxylic acids is 1. The summed E-state index contributed by atoms with van der Waals surface area (Å²) in [7, 11) is 0. The average Bonchev–Trinajstić information content (AvgIpc) is 2.79. The molecule has 0 unspecified atom stereocenters. The molecule has 2 aliphatic rings. The van der Waals surface area contributed by atoms with Crippen LogP contribution < -0.4 is 5.73 Å². The fraction of sp³-hybridized carbons (Fsp3) is 0.391. The number of benzene rings is 2. The van der Waals surface area contributed by atoms with E-state index in [1.165, 1.54) is 23.9 Å². The first-order valence-electron chi connectivity index (χ1n) is 10.5. The lowest BCUT2D eigenvalue weighted by Gasteiger charge is -2.46. The SMILES string of the molecule is NC1=N[C@@]2(c3ccc(F)cc3F)CO[C@@H](COCc3ccccc3)C[C@H]2CS1.O=C(O)C(F)(F)F. The van der Waals surface area contributed by atoms with E-state index in [-0.39, 0.29) is 18.6 Å². The van der Waals surface area contributed by atoms with E-state index in [0.29, 0.717) is 36.1 Å². The monoisotopic (exact) mass is 518 g/mol. The van der Waals surface area contributed by atoms with E-state index in [2.05, 4.69) is 4.99 Å². The first-order chi connectivity index (χ1) is 16.5. The molecule has 1 fully saturated rings. The fourth-order valence-corrected chi connectivity index (χ4v) is 4.90. The Bertz CT molecular complexity index is 1050. The van der Waals surface area contributed by atoms with Crippen molar-refractivity contribution in [2.24, 2.45) is 16.6 Å². The summed E-state index contributed by atoms with van der Waals surface area (Å²) in [6.45, 7) is 1.17. The standard InChI is InChI=1S/C21H22F2N2O2S.C2HF3O2/c22-16-6-7-18(19(23)9-16)21-13-27-17(8-15(21)12-28-20(24)25-21)11-26-10-14-4-2-1-3-5-14;3-2(4,5)1(6)7/h1-7,9,15,17H,8,10-13H2,(H2,24,25);(H,6,7)/t15-,17+,21-;/m0./s1. The molecule has 0 saturated carbocycles. The van der Waals surface area contributed by atoms with Gasteiger partial charge in [-0.15, -0.1) is 0 Å². The summed E-state index contributed by atoms with van der Waals surface area (Å²) >= 11 is 1.46. The number of ether oxygens (including phenoxy) is 2. The van der Waals surface area contributed by atoms with Gasteiger partial charge in [0, 0.05) is 23.3 Å². The van der Waals surface area contributed by atoms with Crippen LogP contribution >= 0.6 is 11.8 Å². The first kappa shape index (κ1) is 26.9. The molecule has 3 N–H and O–H groups in total. The average molecular weight is 519 g/mol.